The minimum absolute atomic E-state index is 0.103. The van der Waals surface area contributed by atoms with E-state index in [0.717, 1.165) is 40.1 Å². The minimum atomic E-state index is -0.299. The number of halogens is 1. The highest BCUT2D eigenvalue weighted by Gasteiger charge is 2.23. The fourth-order valence-electron chi connectivity index (χ4n) is 4.28. The highest BCUT2D eigenvalue weighted by molar-refractivity contribution is 7.80. The summed E-state index contributed by atoms with van der Waals surface area (Å²) in [6, 6.07) is 22.6. The maximum absolute atomic E-state index is 12.9. The van der Waals surface area contributed by atoms with Gasteiger partial charge in [-0.2, -0.15) is 0 Å². The summed E-state index contributed by atoms with van der Waals surface area (Å²) >= 11 is 13.1. The van der Waals surface area contributed by atoms with Crippen molar-refractivity contribution in [3.8, 4) is 0 Å². The van der Waals surface area contributed by atoms with Crippen molar-refractivity contribution in [3.63, 3.8) is 0 Å². The second-order valence-corrected chi connectivity index (χ2v) is 10.1. The third-order valence-corrected chi connectivity index (χ3v) is 7.52. The van der Waals surface area contributed by atoms with Crippen molar-refractivity contribution in [3.05, 3.63) is 93.6 Å². The lowest BCUT2D eigenvalue weighted by molar-refractivity contribution is 0.0751. The molecule has 36 heavy (non-hydrogen) atoms. The lowest BCUT2D eigenvalue weighted by Crippen LogP contribution is -2.48. The number of rotatable bonds is 4. The van der Waals surface area contributed by atoms with Crippen molar-refractivity contribution >= 4 is 74.2 Å². The average Bonchev–Trinajstić information content (AvgIpc) is 3.44. The number of fused-ring (bicyclic) bond motifs is 1. The van der Waals surface area contributed by atoms with E-state index in [1.807, 2.05) is 64.9 Å². The van der Waals surface area contributed by atoms with Crippen LogP contribution in [0.5, 0.6) is 0 Å². The van der Waals surface area contributed by atoms with Crippen molar-refractivity contribution in [2.24, 2.45) is 0 Å². The van der Waals surface area contributed by atoms with Crippen LogP contribution in [0.15, 0.2) is 78.2 Å². The van der Waals surface area contributed by atoms with Crippen LogP contribution in [-0.2, 0) is 0 Å². The molecule has 1 aliphatic rings. The molecule has 5 rings (SSSR count). The number of nitrogens with zero attached hydrogens (tertiary/aromatic N) is 2. The van der Waals surface area contributed by atoms with Crippen molar-refractivity contribution in [1.82, 2.24) is 10.2 Å². The van der Waals surface area contributed by atoms with Crippen LogP contribution < -0.4 is 15.5 Å². The molecule has 1 saturated heterocycles. The van der Waals surface area contributed by atoms with Gasteiger partial charge in [0.25, 0.3) is 11.8 Å². The normalized spacial score (nSPS) is 13.5. The first-order chi connectivity index (χ1) is 17.5. The monoisotopic (exact) mass is 534 g/mol. The molecule has 9 heteroatoms. The second-order valence-electron chi connectivity index (χ2n) is 8.35. The molecule has 0 saturated carbocycles. The van der Waals surface area contributed by atoms with Gasteiger partial charge in [-0.3, -0.25) is 14.9 Å². The van der Waals surface area contributed by atoms with Crippen LogP contribution in [0, 0.1) is 0 Å². The predicted octanol–water partition coefficient (Wildman–Crippen LogP) is 5.64. The van der Waals surface area contributed by atoms with E-state index in [1.54, 1.807) is 18.2 Å². The predicted molar refractivity (Wildman–Crippen MR) is 152 cm³/mol. The summed E-state index contributed by atoms with van der Waals surface area (Å²) < 4.78 is 0. The van der Waals surface area contributed by atoms with Gasteiger partial charge >= 0.3 is 0 Å². The molecule has 2 heterocycles. The number of nitrogens with one attached hydrogen (secondary N) is 2. The number of hydrogen-bond donors (Lipinski definition) is 2. The quantitative estimate of drug-likeness (QED) is 0.332. The number of thiophene rings is 1. The largest absolute Gasteiger partial charge is 0.368 e. The van der Waals surface area contributed by atoms with Gasteiger partial charge in [0.1, 0.15) is 0 Å². The van der Waals surface area contributed by atoms with Crippen LogP contribution in [0.3, 0.4) is 0 Å². The van der Waals surface area contributed by atoms with E-state index in [-0.39, 0.29) is 16.9 Å². The first-order valence-electron chi connectivity index (χ1n) is 11.5. The Labute approximate surface area is 223 Å². The number of anilines is 2. The van der Waals surface area contributed by atoms with Gasteiger partial charge in [-0.15, -0.1) is 11.3 Å². The Hall–Kier alpha value is -3.46. The molecular weight excluding hydrogens is 512 g/mol. The molecule has 1 aliphatic heterocycles. The van der Waals surface area contributed by atoms with Crippen molar-refractivity contribution < 1.29 is 9.59 Å². The molecule has 4 aromatic rings. The molecule has 2 amide bonds. The Balaban J connectivity index is 1.16. The molecule has 6 nitrogen and oxygen atoms in total. The van der Waals surface area contributed by atoms with Gasteiger partial charge in [0.15, 0.2) is 5.11 Å². The number of carbonyl (C=O) groups is 2. The molecule has 0 atom stereocenters. The van der Waals surface area contributed by atoms with Crippen LogP contribution in [0.1, 0.15) is 20.0 Å². The van der Waals surface area contributed by atoms with E-state index in [9.17, 15) is 9.59 Å². The topological polar surface area (TPSA) is 64.7 Å². The SMILES string of the molecule is O=C(NC(=S)Nc1ccc(N2CCN(C(=O)c3cccs3)CC2)cc1)c1cccc2c(Cl)cccc12. The van der Waals surface area contributed by atoms with Crippen molar-refractivity contribution in [2.45, 2.75) is 0 Å². The molecule has 0 unspecified atom stereocenters. The Kier molecular flexibility index (Phi) is 7.18. The number of amides is 2. The Bertz CT molecular complexity index is 1420. The van der Waals surface area contributed by atoms with Gasteiger partial charge in [-0.05, 0) is 65.4 Å². The molecule has 182 valence electrons. The fourth-order valence-corrected chi connectivity index (χ4v) is 5.42. The minimum Gasteiger partial charge on any atom is -0.368 e. The zero-order valence-electron chi connectivity index (χ0n) is 19.2. The van der Waals surface area contributed by atoms with Gasteiger partial charge in [0, 0.05) is 53.5 Å². The summed E-state index contributed by atoms with van der Waals surface area (Å²) in [5.41, 5.74) is 2.36. The zero-order valence-corrected chi connectivity index (χ0v) is 21.6. The lowest BCUT2D eigenvalue weighted by Gasteiger charge is -2.36. The Morgan fingerprint density at radius 2 is 1.58 bits per heavy atom. The molecule has 3 aromatic carbocycles. The summed E-state index contributed by atoms with van der Waals surface area (Å²) in [6.45, 7) is 2.92. The van der Waals surface area contributed by atoms with E-state index < -0.39 is 0 Å². The number of piperazine rings is 1. The van der Waals surface area contributed by atoms with Gasteiger partial charge in [-0.1, -0.05) is 41.9 Å². The highest BCUT2D eigenvalue weighted by atomic mass is 35.5. The van der Waals surface area contributed by atoms with Crippen LogP contribution >= 0.6 is 35.2 Å². The number of thiocarbonyl (C=S) groups is 1. The second kappa shape index (κ2) is 10.7. The number of benzene rings is 3. The van der Waals surface area contributed by atoms with E-state index in [2.05, 4.69) is 15.5 Å². The maximum Gasteiger partial charge on any atom is 0.264 e. The van der Waals surface area contributed by atoms with Gasteiger partial charge in [0.2, 0.25) is 0 Å². The van der Waals surface area contributed by atoms with Crippen molar-refractivity contribution in [2.75, 3.05) is 36.4 Å². The zero-order chi connectivity index (χ0) is 25.1. The molecule has 1 fully saturated rings. The van der Waals surface area contributed by atoms with E-state index in [1.165, 1.54) is 11.3 Å². The van der Waals surface area contributed by atoms with E-state index >= 15 is 0 Å². The van der Waals surface area contributed by atoms with E-state index in [0.29, 0.717) is 23.7 Å². The smallest absolute Gasteiger partial charge is 0.264 e. The first kappa shape index (κ1) is 24.2. The summed E-state index contributed by atoms with van der Waals surface area (Å²) in [5, 5.41) is 10.2. The molecule has 2 N–H and O–H groups in total. The van der Waals surface area contributed by atoms with Crippen LogP contribution in [0.4, 0.5) is 11.4 Å². The van der Waals surface area contributed by atoms with Gasteiger partial charge in [0.05, 0.1) is 4.88 Å². The van der Waals surface area contributed by atoms with Crippen LogP contribution in [0.2, 0.25) is 5.02 Å². The average molecular weight is 535 g/mol. The third kappa shape index (κ3) is 5.21. The molecule has 0 bridgehead atoms. The van der Waals surface area contributed by atoms with Crippen LogP contribution in [-0.4, -0.2) is 48.0 Å². The van der Waals surface area contributed by atoms with E-state index in [4.69, 9.17) is 23.8 Å². The maximum atomic E-state index is 12.9. The molecule has 0 spiro atoms. The molecule has 0 radical (unpaired) electrons. The van der Waals surface area contributed by atoms with Crippen molar-refractivity contribution in [1.29, 1.82) is 0 Å². The van der Waals surface area contributed by atoms with Gasteiger partial charge in [-0.25, -0.2) is 0 Å². The number of hydrogen-bond acceptors (Lipinski definition) is 5. The molecule has 1 aromatic heterocycles. The Morgan fingerprint density at radius 1 is 0.861 bits per heavy atom. The summed E-state index contributed by atoms with van der Waals surface area (Å²) in [5.74, 6) is -0.196. The highest BCUT2D eigenvalue weighted by Crippen LogP contribution is 2.26. The molecular formula is C27H23ClN4O2S2. The van der Waals surface area contributed by atoms with Gasteiger partial charge < -0.3 is 15.1 Å². The standard InChI is InChI=1S/C27H23ClN4O2S2/c28-23-7-2-4-20-21(23)5-1-6-22(20)25(33)30-27(35)29-18-9-11-19(12-10-18)31-13-15-32(16-14-31)26(34)24-8-3-17-36-24/h1-12,17H,13-16H2,(H2,29,30,33,35). The fraction of sp³-hybridized carbons (Fsp3) is 0.148. The lowest BCUT2D eigenvalue weighted by atomic mass is 10.0. The molecule has 0 aliphatic carbocycles. The van der Waals surface area contributed by atoms with Crippen LogP contribution in [0.25, 0.3) is 10.8 Å². The first-order valence-corrected chi connectivity index (χ1v) is 13.1. The number of carbonyl (C=O) groups excluding carboxylic acids is 2. The Morgan fingerprint density at radius 3 is 2.31 bits per heavy atom. The summed E-state index contributed by atoms with van der Waals surface area (Å²) in [7, 11) is 0. The summed E-state index contributed by atoms with van der Waals surface area (Å²) in [4.78, 5) is 30.4. The summed E-state index contributed by atoms with van der Waals surface area (Å²) in [6.07, 6.45) is 0. The third-order valence-electron chi connectivity index (χ3n) is 6.13.